The molecule has 2 N–H and O–H groups in total. The zero-order chi connectivity index (χ0) is 16.3. The molecule has 1 atom stereocenters. The molecule has 0 bridgehead atoms. The quantitative estimate of drug-likeness (QED) is 0.895. The van der Waals surface area contributed by atoms with Crippen LogP contribution in [-0.2, 0) is 7.05 Å². The van der Waals surface area contributed by atoms with Crippen LogP contribution < -0.4 is 10.9 Å². The summed E-state index contributed by atoms with van der Waals surface area (Å²) in [6.07, 6.45) is 0.454. The lowest BCUT2D eigenvalue weighted by Crippen LogP contribution is -2.30. The van der Waals surface area contributed by atoms with Crippen molar-refractivity contribution in [3.05, 3.63) is 68.1 Å². The Balaban J connectivity index is 2.07. The standard InChI is InChI=1S/C15H14Cl2N2O3/c1-19-6-5-9(7-13(19)21)15(22)18-8-12(20)14-10(16)3-2-4-11(14)17/h2-7,12,20H,8H2,1H3,(H,18,22). The van der Waals surface area contributed by atoms with Gasteiger partial charge in [-0.15, -0.1) is 0 Å². The first kappa shape index (κ1) is 16.5. The number of aliphatic hydroxyl groups is 1. The third-order valence-corrected chi connectivity index (χ3v) is 3.81. The summed E-state index contributed by atoms with van der Waals surface area (Å²) < 4.78 is 1.36. The van der Waals surface area contributed by atoms with E-state index >= 15 is 0 Å². The zero-order valence-corrected chi connectivity index (χ0v) is 13.2. The molecule has 1 aromatic heterocycles. The number of nitrogens with one attached hydrogen (secondary N) is 1. The molecule has 0 aliphatic heterocycles. The summed E-state index contributed by atoms with van der Waals surface area (Å²) >= 11 is 12.0. The third-order valence-electron chi connectivity index (χ3n) is 3.16. The predicted molar refractivity (Wildman–Crippen MR) is 85.4 cm³/mol. The molecule has 1 heterocycles. The molecule has 0 saturated carbocycles. The second-order valence-corrected chi connectivity index (χ2v) is 5.54. The van der Waals surface area contributed by atoms with Crippen LogP contribution in [0.2, 0.25) is 10.0 Å². The average Bonchev–Trinajstić information content (AvgIpc) is 2.47. The molecule has 0 radical (unpaired) electrons. The van der Waals surface area contributed by atoms with Gasteiger partial charge in [-0.3, -0.25) is 9.59 Å². The number of carbonyl (C=O) groups excluding carboxylic acids is 1. The number of nitrogens with zero attached hydrogens (tertiary/aromatic N) is 1. The predicted octanol–water partition coefficient (Wildman–Crippen LogP) is 2.16. The minimum absolute atomic E-state index is 0.0719. The van der Waals surface area contributed by atoms with Crippen molar-refractivity contribution in [1.82, 2.24) is 9.88 Å². The Morgan fingerprint density at radius 2 is 1.95 bits per heavy atom. The number of benzene rings is 1. The molecule has 1 amide bonds. The number of amides is 1. The van der Waals surface area contributed by atoms with Crippen LogP contribution >= 0.6 is 23.2 Å². The van der Waals surface area contributed by atoms with Gasteiger partial charge in [0, 0.05) is 47.0 Å². The van der Waals surface area contributed by atoms with Crippen molar-refractivity contribution in [2.75, 3.05) is 6.54 Å². The normalized spacial score (nSPS) is 12.0. The highest BCUT2D eigenvalue weighted by molar-refractivity contribution is 6.36. The molecule has 0 aliphatic rings. The van der Waals surface area contributed by atoms with Crippen LogP contribution in [0.25, 0.3) is 0 Å². The van der Waals surface area contributed by atoms with Crippen LogP contribution in [0.4, 0.5) is 0 Å². The summed E-state index contributed by atoms with van der Waals surface area (Å²) in [7, 11) is 1.59. The van der Waals surface area contributed by atoms with E-state index in [0.717, 1.165) is 0 Å². The summed E-state index contributed by atoms with van der Waals surface area (Å²) in [6, 6.07) is 7.62. The van der Waals surface area contributed by atoms with Crippen molar-refractivity contribution >= 4 is 29.1 Å². The SMILES string of the molecule is Cn1ccc(C(=O)NCC(O)c2c(Cl)cccc2Cl)cc1=O. The number of hydrogen-bond acceptors (Lipinski definition) is 3. The Morgan fingerprint density at radius 3 is 2.55 bits per heavy atom. The van der Waals surface area contributed by atoms with Gasteiger partial charge < -0.3 is 15.0 Å². The lowest BCUT2D eigenvalue weighted by molar-refractivity contribution is 0.0916. The topological polar surface area (TPSA) is 71.3 Å². The zero-order valence-electron chi connectivity index (χ0n) is 11.7. The minimum Gasteiger partial charge on any atom is -0.386 e. The van der Waals surface area contributed by atoms with Gasteiger partial charge in [-0.1, -0.05) is 29.3 Å². The van der Waals surface area contributed by atoms with Gasteiger partial charge in [0.1, 0.15) is 0 Å². The van der Waals surface area contributed by atoms with E-state index in [2.05, 4.69) is 5.32 Å². The van der Waals surface area contributed by atoms with E-state index in [1.54, 1.807) is 25.2 Å². The smallest absolute Gasteiger partial charge is 0.251 e. The van der Waals surface area contributed by atoms with Gasteiger partial charge in [-0.25, -0.2) is 0 Å². The van der Waals surface area contributed by atoms with Gasteiger partial charge >= 0.3 is 0 Å². The number of aromatic nitrogens is 1. The fourth-order valence-electron chi connectivity index (χ4n) is 1.91. The number of carbonyl (C=O) groups is 1. The van der Waals surface area contributed by atoms with Gasteiger partial charge in [0.25, 0.3) is 11.5 Å². The maximum absolute atomic E-state index is 12.0. The molecule has 22 heavy (non-hydrogen) atoms. The molecule has 5 nitrogen and oxygen atoms in total. The average molecular weight is 341 g/mol. The first-order valence-corrected chi connectivity index (χ1v) is 7.22. The fourth-order valence-corrected chi connectivity index (χ4v) is 2.56. The van der Waals surface area contributed by atoms with E-state index in [0.29, 0.717) is 15.6 Å². The fraction of sp³-hybridized carbons (Fsp3) is 0.200. The van der Waals surface area contributed by atoms with Crippen LogP contribution in [0, 0.1) is 0 Å². The van der Waals surface area contributed by atoms with Crippen LogP contribution in [0.3, 0.4) is 0 Å². The van der Waals surface area contributed by atoms with Gasteiger partial charge in [-0.2, -0.15) is 0 Å². The molecule has 0 fully saturated rings. The van der Waals surface area contributed by atoms with Crippen LogP contribution in [-0.4, -0.2) is 22.1 Å². The van der Waals surface area contributed by atoms with E-state index in [4.69, 9.17) is 23.2 Å². The molecule has 2 aromatic rings. The Bertz CT molecular complexity index is 738. The van der Waals surface area contributed by atoms with E-state index in [1.165, 1.54) is 22.9 Å². The van der Waals surface area contributed by atoms with Gasteiger partial charge in [-0.05, 0) is 18.2 Å². The Morgan fingerprint density at radius 1 is 1.32 bits per heavy atom. The van der Waals surface area contributed by atoms with E-state index in [-0.39, 0.29) is 17.7 Å². The molecule has 2 rings (SSSR count). The Kier molecular flexibility index (Phi) is 5.24. The number of aliphatic hydroxyl groups excluding tert-OH is 1. The Hall–Kier alpha value is -1.82. The molecule has 116 valence electrons. The molecule has 7 heteroatoms. The van der Waals surface area contributed by atoms with E-state index < -0.39 is 12.0 Å². The number of aryl methyl sites for hydroxylation is 1. The summed E-state index contributed by atoms with van der Waals surface area (Å²) in [5.41, 5.74) is 0.290. The number of pyridine rings is 1. The van der Waals surface area contributed by atoms with Crippen LogP contribution in [0.15, 0.2) is 41.3 Å². The molecule has 0 saturated heterocycles. The van der Waals surface area contributed by atoms with Crippen molar-refractivity contribution in [2.45, 2.75) is 6.10 Å². The van der Waals surface area contributed by atoms with Crippen molar-refractivity contribution in [3.8, 4) is 0 Å². The second kappa shape index (κ2) is 6.96. The van der Waals surface area contributed by atoms with Crippen LogP contribution in [0.5, 0.6) is 0 Å². The largest absolute Gasteiger partial charge is 0.386 e. The van der Waals surface area contributed by atoms with E-state index in [9.17, 15) is 14.7 Å². The summed E-state index contributed by atoms with van der Waals surface area (Å²) in [6.45, 7) is -0.0719. The summed E-state index contributed by atoms with van der Waals surface area (Å²) in [4.78, 5) is 23.5. The minimum atomic E-state index is -1.04. The maximum atomic E-state index is 12.0. The van der Waals surface area contributed by atoms with Crippen LogP contribution in [0.1, 0.15) is 22.0 Å². The number of hydrogen-bond donors (Lipinski definition) is 2. The lowest BCUT2D eigenvalue weighted by Gasteiger charge is -2.15. The molecule has 0 spiro atoms. The highest BCUT2D eigenvalue weighted by Gasteiger charge is 2.17. The van der Waals surface area contributed by atoms with Crippen molar-refractivity contribution in [2.24, 2.45) is 7.05 Å². The Labute approximate surface area is 137 Å². The highest BCUT2D eigenvalue weighted by Crippen LogP contribution is 2.29. The first-order valence-electron chi connectivity index (χ1n) is 6.47. The van der Waals surface area contributed by atoms with Crippen molar-refractivity contribution in [3.63, 3.8) is 0 Å². The molecule has 1 unspecified atom stereocenters. The molecule has 0 aliphatic carbocycles. The van der Waals surface area contributed by atoms with Crippen molar-refractivity contribution in [1.29, 1.82) is 0 Å². The van der Waals surface area contributed by atoms with Crippen molar-refractivity contribution < 1.29 is 9.90 Å². The van der Waals surface area contributed by atoms with E-state index in [1.807, 2.05) is 0 Å². The second-order valence-electron chi connectivity index (χ2n) is 4.73. The number of halogens is 2. The van der Waals surface area contributed by atoms with Gasteiger partial charge in [0.15, 0.2) is 0 Å². The lowest BCUT2D eigenvalue weighted by atomic mass is 10.1. The van der Waals surface area contributed by atoms with Gasteiger partial charge in [0.05, 0.1) is 6.10 Å². The molecular formula is C15H14Cl2N2O3. The maximum Gasteiger partial charge on any atom is 0.251 e. The molecular weight excluding hydrogens is 327 g/mol. The number of rotatable bonds is 4. The third kappa shape index (κ3) is 3.68. The monoisotopic (exact) mass is 340 g/mol. The highest BCUT2D eigenvalue weighted by atomic mass is 35.5. The molecule has 1 aromatic carbocycles. The first-order chi connectivity index (χ1) is 10.4. The summed E-state index contributed by atoms with van der Waals surface area (Å²) in [5.74, 6) is -0.458. The van der Waals surface area contributed by atoms with Gasteiger partial charge in [0.2, 0.25) is 0 Å². The summed E-state index contributed by atoms with van der Waals surface area (Å²) in [5, 5.41) is 13.3.